The van der Waals surface area contributed by atoms with Gasteiger partial charge in [-0.15, -0.1) is 0 Å². The molecule has 0 bridgehead atoms. The molecule has 5 heteroatoms. The molecule has 0 saturated heterocycles. The second-order valence-corrected chi connectivity index (χ2v) is 2.55. The summed E-state index contributed by atoms with van der Waals surface area (Å²) in [5.41, 5.74) is 1.73. The van der Waals surface area contributed by atoms with E-state index in [0.717, 1.165) is 5.39 Å². The van der Waals surface area contributed by atoms with Crippen LogP contribution in [0.3, 0.4) is 0 Å². The lowest BCUT2D eigenvalue weighted by atomic mass is 10.4. The average molecular weight is 172 g/mol. The Kier molecular flexibility index (Phi) is 1.11. The number of furan rings is 1. The molecule has 5 nitrogen and oxygen atoms in total. The number of rotatable bonds is 0. The Balaban J connectivity index is 2.64. The van der Waals surface area contributed by atoms with E-state index >= 15 is 0 Å². The van der Waals surface area contributed by atoms with E-state index < -0.39 is 0 Å². The Hall–Kier alpha value is -2.04. The van der Waals surface area contributed by atoms with Gasteiger partial charge < -0.3 is 4.42 Å². The summed E-state index contributed by atoms with van der Waals surface area (Å²) in [5.74, 6) is 0. The van der Waals surface area contributed by atoms with Gasteiger partial charge in [0.05, 0.1) is 5.39 Å². The van der Waals surface area contributed by atoms with Gasteiger partial charge in [-0.3, -0.25) is 0 Å². The quantitative estimate of drug-likeness (QED) is 0.509. The Morgan fingerprint density at radius 1 is 1.00 bits per heavy atom. The van der Waals surface area contributed by atoms with Crippen molar-refractivity contribution in [1.29, 1.82) is 0 Å². The maximum Gasteiger partial charge on any atom is 0.248 e. The van der Waals surface area contributed by atoms with Crippen molar-refractivity contribution >= 4 is 22.3 Å². The molecule has 13 heavy (non-hydrogen) atoms. The molecule has 0 unspecified atom stereocenters. The van der Waals surface area contributed by atoms with Crippen LogP contribution in [0.4, 0.5) is 0 Å². The molecule has 62 valence electrons. The molecule has 0 fully saturated rings. The summed E-state index contributed by atoms with van der Waals surface area (Å²) in [6, 6.07) is 0. The van der Waals surface area contributed by atoms with Gasteiger partial charge in [0.25, 0.3) is 0 Å². The number of hydrogen-bond donors (Lipinski definition) is 0. The molecular weight excluding hydrogens is 168 g/mol. The van der Waals surface area contributed by atoms with Crippen molar-refractivity contribution in [3.05, 3.63) is 24.9 Å². The van der Waals surface area contributed by atoms with Crippen LogP contribution in [0.1, 0.15) is 0 Å². The summed E-state index contributed by atoms with van der Waals surface area (Å²) in [4.78, 5) is 16.0. The highest BCUT2D eigenvalue weighted by Gasteiger charge is 2.08. The summed E-state index contributed by atoms with van der Waals surface area (Å²) in [7, 11) is 0. The van der Waals surface area contributed by atoms with Gasteiger partial charge in [0.1, 0.15) is 11.8 Å². The summed E-state index contributed by atoms with van der Waals surface area (Å²) in [6.07, 6.45) is 6.30. The van der Waals surface area contributed by atoms with Crippen molar-refractivity contribution in [3.8, 4) is 0 Å². The van der Waals surface area contributed by atoms with Crippen molar-refractivity contribution in [3.63, 3.8) is 0 Å². The molecule has 0 aliphatic rings. The molecule has 0 radical (unpaired) electrons. The molecule has 0 amide bonds. The first-order valence-corrected chi connectivity index (χ1v) is 3.74. The van der Waals surface area contributed by atoms with E-state index in [0.29, 0.717) is 16.9 Å². The van der Waals surface area contributed by atoms with Crippen LogP contribution in [0.5, 0.6) is 0 Å². The SMILES string of the molecule is c1ncc2c(n1)oc1nccnc12. The first-order chi connectivity index (χ1) is 6.45. The Labute approximate surface area is 72.5 Å². The van der Waals surface area contributed by atoms with Crippen LogP contribution in [-0.2, 0) is 0 Å². The number of nitrogens with zero attached hydrogens (tertiary/aromatic N) is 4. The third-order valence-corrected chi connectivity index (χ3v) is 1.79. The van der Waals surface area contributed by atoms with Gasteiger partial charge in [-0.25, -0.2) is 19.9 Å². The van der Waals surface area contributed by atoms with E-state index in [9.17, 15) is 0 Å². The first-order valence-electron chi connectivity index (χ1n) is 3.74. The van der Waals surface area contributed by atoms with Crippen LogP contribution in [-0.4, -0.2) is 19.9 Å². The first kappa shape index (κ1) is 6.47. The zero-order valence-electron chi connectivity index (χ0n) is 6.51. The van der Waals surface area contributed by atoms with E-state index in [1.54, 1.807) is 18.6 Å². The second kappa shape index (κ2) is 2.22. The molecule has 3 aromatic rings. The van der Waals surface area contributed by atoms with Gasteiger partial charge in [-0.1, -0.05) is 0 Å². The van der Waals surface area contributed by atoms with Crippen LogP contribution in [0.25, 0.3) is 22.3 Å². The van der Waals surface area contributed by atoms with Crippen molar-refractivity contribution in [2.24, 2.45) is 0 Å². The van der Waals surface area contributed by atoms with Gasteiger partial charge in [-0.05, 0) is 0 Å². The maximum atomic E-state index is 5.33. The van der Waals surface area contributed by atoms with Gasteiger partial charge in [0.15, 0.2) is 0 Å². The lowest BCUT2D eigenvalue weighted by Crippen LogP contribution is -1.77. The summed E-state index contributed by atoms with van der Waals surface area (Å²) in [6.45, 7) is 0. The van der Waals surface area contributed by atoms with Crippen molar-refractivity contribution < 1.29 is 4.42 Å². The highest BCUT2D eigenvalue weighted by molar-refractivity contribution is 5.98. The zero-order chi connectivity index (χ0) is 8.67. The van der Waals surface area contributed by atoms with E-state index in [4.69, 9.17) is 4.42 Å². The molecule has 0 aliphatic carbocycles. The number of aromatic nitrogens is 4. The molecule has 0 atom stereocenters. The van der Waals surface area contributed by atoms with Crippen LogP contribution >= 0.6 is 0 Å². The minimum atomic E-state index is 0.498. The van der Waals surface area contributed by atoms with E-state index in [1.165, 1.54) is 6.33 Å². The van der Waals surface area contributed by atoms with Crippen molar-refractivity contribution in [2.45, 2.75) is 0 Å². The number of hydrogen-bond acceptors (Lipinski definition) is 5. The smallest absolute Gasteiger partial charge is 0.248 e. The molecule has 0 N–H and O–H groups in total. The normalized spacial score (nSPS) is 11.1. The Bertz CT molecular complexity index is 524. The molecule has 0 spiro atoms. The van der Waals surface area contributed by atoms with Gasteiger partial charge >= 0.3 is 0 Å². The standard InChI is InChI=1S/C8H4N4O/c1-2-11-8-6(10-1)5-3-9-4-12-7(5)13-8/h1-4H. The van der Waals surface area contributed by atoms with E-state index in [-0.39, 0.29) is 0 Å². The largest absolute Gasteiger partial charge is 0.417 e. The summed E-state index contributed by atoms with van der Waals surface area (Å²) < 4.78 is 5.33. The predicted molar refractivity (Wildman–Crippen MR) is 44.9 cm³/mol. The fraction of sp³-hybridized carbons (Fsp3) is 0. The summed E-state index contributed by atoms with van der Waals surface area (Å²) in [5, 5.41) is 0.797. The Morgan fingerprint density at radius 2 is 1.92 bits per heavy atom. The van der Waals surface area contributed by atoms with E-state index in [2.05, 4.69) is 19.9 Å². The fourth-order valence-electron chi connectivity index (χ4n) is 1.24. The molecule has 3 heterocycles. The van der Waals surface area contributed by atoms with Crippen LogP contribution in [0.15, 0.2) is 29.3 Å². The highest BCUT2D eigenvalue weighted by atomic mass is 16.3. The van der Waals surface area contributed by atoms with Crippen molar-refractivity contribution in [2.75, 3.05) is 0 Å². The molecule has 0 saturated carbocycles. The molecule has 3 rings (SSSR count). The molecule has 0 aromatic carbocycles. The van der Waals surface area contributed by atoms with Crippen LogP contribution in [0.2, 0.25) is 0 Å². The highest BCUT2D eigenvalue weighted by Crippen LogP contribution is 2.21. The minimum absolute atomic E-state index is 0.498. The Morgan fingerprint density at radius 3 is 2.92 bits per heavy atom. The third kappa shape index (κ3) is 0.807. The van der Waals surface area contributed by atoms with Gasteiger partial charge in [-0.2, -0.15) is 0 Å². The van der Waals surface area contributed by atoms with Gasteiger partial charge in [0.2, 0.25) is 11.4 Å². The third-order valence-electron chi connectivity index (χ3n) is 1.79. The molecule has 0 aliphatic heterocycles. The molecule has 3 aromatic heterocycles. The second-order valence-electron chi connectivity index (χ2n) is 2.55. The van der Waals surface area contributed by atoms with Gasteiger partial charge in [0, 0.05) is 18.6 Å². The molecular formula is C8H4N4O. The lowest BCUT2D eigenvalue weighted by Gasteiger charge is -1.83. The van der Waals surface area contributed by atoms with Crippen LogP contribution in [0, 0.1) is 0 Å². The van der Waals surface area contributed by atoms with Crippen LogP contribution < -0.4 is 0 Å². The predicted octanol–water partition coefficient (Wildman–Crippen LogP) is 1.17. The zero-order valence-corrected chi connectivity index (χ0v) is 6.51. The average Bonchev–Trinajstić information content (AvgIpc) is 2.56. The topological polar surface area (TPSA) is 64.7 Å². The number of fused-ring (bicyclic) bond motifs is 3. The van der Waals surface area contributed by atoms with E-state index in [1.807, 2.05) is 0 Å². The lowest BCUT2D eigenvalue weighted by molar-refractivity contribution is 0.638. The fourth-order valence-corrected chi connectivity index (χ4v) is 1.24. The maximum absolute atomic E-state index is 5.33. The monoisotopic (exact) mass is 172 g/mol. The van der Waals surface area contributed by atoms with Crippen molar-refractivity contribution in [1.82, 2.24) is 19.9 Å². The minimum Gasteiger partial charge on any atom is -0.417 e. The summed E-state index contributed by atoms with van der Waals surface area (Å²) >= 11 is 0.